The van der Waals surface area contributed by atoms with Gasteiger partial charge in [0.1, 0.15) is 6.04 Å². The van der Waals surface area contributed by atoms with Gasteiger partial charge in [0.25, 0.3) is 0 Å². The summed E-state index contributed by atoms with van der Waals surface area (Å²) in [6.45, 7) is 7.58. The van der Waals surface area contributed by atoms with E-state index in [2.05, 4.69) is 4.72 Å². The summed E-state index contributed by atoms with van der Waals surface area (Å²) in [6, 6.07) is -1.02. The summed E-state index contributed by atoms with van der Waals surface area (Å²) in [5.74, 6) is -0.734. The van der Waals surface area contributed by atoms with Gasteiger partial charge in [-0.1, -0.05) is 27.7 Å². The van der Waals surface area contributed by atoms with Gasteiger partial charge in [-0.15, -0.1) is 0 Å². The van der Waals surface area contributed by atoms with Crippen molar-refractivity contribution in [1.82, 2.24) is 4.72 Å². The fraction of sp³-hybridized carbons (Fsp3) is 0.909. The third-order valence-corrected chi connectivity index (χ3v) is 3.71. The minimum atomic E-state index is -3.50. The molecule has 0 aromatic carbocycles. The molecule has 0 aromatic rings. The molecule has 0 aliphatic heterocycles. The van der Waals surface area contributed by atoms with Crippen molar-refractivity contribution >= 4 is 16.0 Å². The van der Waals surface area contributed by atoms with Crippen molar-refractivity contribution in [3.05, 3.63) is 0 Å². The Bertz CT molecular complexity index is 335. The van der Waals surface area contributed by atoms with Crippen LogP contribution in [0, 0.1) is 11.8 Å². The minimum absolute atomic E-state index is 0.0213. The summed E-state index contributed by atoms with van der Waals surface area (Å²) < 4.78 is 25.6. The Morgan fingerprint density at radius 2 is 1.71 bits per heavy atom. The van der Waals surface area contributed by atoms with Crippen molar-refractivity contribution in [2.75, 3.05) is 5.75 Å². The van der Waals surface area contributed by atoms with Crippen LogP contribution in [0.25, 0.3) is 0 Å². The van der Waals surface area contributed by atoms with Gasteiger partial charge in [-0.25, -0.2) is 13.1 Å². The fourth-order valence-corrected chi connectivity index (χ4v) is 2.87. The zero-order valence-corrected chi connectivity index (χ0v) is 11.8. The van der Waals surface area contributed by atoms with Crippen molar-refractivity contribution in [2.45, 2.75) is 46.6 Å². The molecule has 0 saturated carbocycles. The largest absolute Gasteiger partial charge is 0.480 e. The lowest BCUT2D eigenvalue weighted by Gasteiger charge is -2.17. The molecule has 0 radical (unpaired) electrons. The molecule has 1 atom stereocenters. The van der Waals surface area contributed by atoms with Gasteiger partial charge in [0, 0.05) is 0 Å². The lowest BCUT2D eigenvalue weighted by atomic mass is 10.1. The molecule has 0 bridgehead atoms. The lowest BCUT2D eigenvalue weighted by molar-refractivity contribution is -0.139. The van der Waals surface area contributed by atoms with Crippen LogP contribution >= 0.6 is 0 Å². The fourth-order valence-electron chi connectivity index (χ4n) is 1.34. The van der Waals surface area contributed by atoms with E-state index in [1.165, 1.54) is 0 Å². The van der Waals surface area contributed by atoms with Gasteiger partial charge in [-0.3, -0.25) is 4.79 Å². The van der Waals surface area contributed by atoms with Gasteiger partial charge in [0.05, 0.1) is 5.75 Å². The smallest absolute Gasteiger partial charge is 0.321 e. The Labute approximate surface area is 104 Å². The van der Waals surface area contributed by atoms with Gasteiger partial charge in [-0.2, -0.15) is 0 Å². The van der Waals surface area contributed by atoms with Crippen LogP contribution in [0.15, 0.2) is 0 Å². The molecule has 0 amide bonds. The molecule has 17 heavy (non-hydrogen) atoms. The molecule has 5 nitrogen and oxygen atoms in total. The predicted octanol–water partition coefficient (Wildman–Crippen LogP) is 1.45. The number of carbonyl (C=O) groups is 1. The van der Waals surface area contributed by atoms with Gasteiger partial charge >= 0.3 is 5.97 Å². The third kappa shape index (κ3) is 8.15. The average Bonchev–Trinajstić information content (AvgIpc) is 2.12. The Morgan fingerprint density at radius 1 is 1.18 bits per heavy atom. The number of sulfonamides is 1. The maximum atomic E-state index is 11.7. The first-order chi connectivity index (χ1) is 7.64. The minimum Gasteiger partial charge on any atom is -0.480 e. The van der Waals surface area contributed by atoms with E-state index in [0.29, 0.717) is 12.8 Å². The van der Waals surface area contributed by atoms with E-state index >= 15 is 0 Å². The molecule has 6 heteroatoms. The Morgan fingerprint density at radius 3 is 2.06 bits per heavy atom. The van der Waals surface area contributed by atoms with Crippen molar-refractivity contribution in [3.8, 4) is 0 Å². The summed E-state index contributed by atoms with van der Waals surface area (Å²) in [4.78, 5) is 10.9. The van der Waals surface area contributed by atoms with Crippen LogP contribution in [-0.4, -0.2) is 31.3 Å². The zero-order chi connectivity index (χ0) is 13.6. The number of carboxylic acids is 1. The molecule has 102 valence electrons. The number of hydrogen-bond acceptors (Lipinski definition) is 3. The number of nitrogens with one attached hydrogen (secondary N) is 1. The van der Waals surface area contributed by atoms with Crippen LogP contribution < -0.4 is 4.72 Å². The van der Waals surface area contributed by atoms with Crippen LogP contribution in [0.3, 0.4) is 0 Å². The molecule has 0 aromatic heterocycles. The molecule has 0 fully saturated rings. The van der Waals surface area contributed by atoms with E-state index in [1.54, 1.807) is 0 Å². The van der Waals surface area contributed by atoms with E-state index in [0.717, 1.165) is 0 Å². The van der Waals surface area contributed by atoms with Crippen LogP contribution in [0.4, 0.5) is 0 Å². The first kappa shape index (κ1) is 16.4. The van der Waals surface area contributed by atoms with Crippen molar-refractivity contribution in [3.63, 3.8) is 0 Å². The lowest BCUT2D eigenvalue weighted by Crippen LogP contribution is -2.42. The van der Waals surface area contributed by atoms with Crippen molar-refractivity contribution < 1.29 is 18.3 Å². The first-order valence-electron chi connectivity index (χ1n) is 5.87. The van der Waals surface area contributed by atoms with E-state index in [9.17, 15) is 13.2 Å². The van der Waals surface area contributed by atoms with Crippen LogP contribution in [0.5, 0.6) is 0 Å². The average molecular weight is 265 g/mol. The summed E-state index contributed by atoms with van der Waals surface area (Å²) >= 11 is 0. The van der Waals surface area contributed by atoms with Gasteiger partial charge in [0.15, 0.2) is 0 Å². The van der Waals surface area contributed by atoms with E-state index in [4.69, 9.17) is 5.11 Å². The Balaban J connectivity index is 4.48. The monoisotopic (exact) mass is 265 g/mol. The second kappa shape index (κ2) is 6.96. The Hall–Kier alpha value is -0.620. The number of carboxylic acid groups (broad SMARTS) is 1. The number of hydrogen-bond donors (Lipinski definition) is 2. The molecular formula is C11H23NO4S. The standard InChI is InChI=1S/C11H23NO4S/c1-8(2)5-6-17(15,16)12-10(11(13)14)7-9(3)4/h8-10,12H,5-7H2,1-4H3,(H,13,14). The zero-order valence-electron chi connectivity index (χ0n) is 10.9. The van der Waals surface area contributed by atoms with Gasteiger partial charge in [-0.05, 0) is 24.7 Å². The van der Waals surface area contributed by atoms with Gasteiger partial charge in [0.2, 0.25) is 10.0 Å². The summed E-state index contributed by atoms with van der Waals surface area (Å²) in [5, 5.41) is 8.94. The highest BCUT2D eigenvalue weighted by Crippen LogP contribution is 2.08. The first-order valence-corrected chi connectivity index (χ1v) is 7.52. The Kier molecular flexibility index (Phi) is 6.70. The second-order valence-corrected chi connectivity index (χ2v) is 7.01. The molecule has 1 unspecified atom stereocenters. The highest BCUT2D eigenvalue weighted by Gasteiger charge is 2.24. The summed E-state index contributed by atoms with van der Waals surface area (Å²) in [6.07, 6.45) is 0.833. The SMILES string of the molecule is CC(C)CCS(=O)(=O)NC(CC(C)C)C(=O)O. The van der Waals surface area contributed by atoms with E-state index < -0.39 is 22.0 Å². The van der Waals surface area contributed by atoms with Crippen molar-refractivity contribution in [1.29, 1.82) is 0 Å². The third-order valence-electron chi connectivity index (χ3n) is 2.29. The molecule has 0 aliphatic rings. The van der Waals surface area contributed by atoms with Gasteiger partial charge < -0.3 is 5.11 Å². The molecule has 0 heterocycles. The highest BCUT2D eigenvalue weighted by atomic mass is 32.2. The molecule has 0 spiro atoms. The predicted molar refractivity (Wildman–Crippen MR) is 67.3 cm³/mol. The molecule has 2 N–H and O–H groups in total. The van der Waals surface area contributed by atoms with E-state index in [-0.39, 0.29) is 17.6 Å². The second-order valence-electron chi connectivity index (χ2n) is 5.14. The topological polar surface area (TPSA) is 83.5 Å². The molecular weight excluding hydrogens is 242 g/mol. The van der Waals surface area contributed by atoms with Crippen LogP contribution in [0.1, 0.15) is 40.5 Å². The van der Waals surface area contributed by atoms with Crippen molar-refractivity contribution in [2.24, 2.45) is 11.8 Å². The maximum Gasteiger partial charge on any atom is 0.321 e. The number of aliphatic carboxylic acids is 1. The summed E-state index contributed by atoms with van der Waals surface area (Å²) in [7, 11) is -3.50. The van der Waals surface area contributed by atoms with Crippen LogP contribution in [0.2, 0.25) is 0 Å². The molecule has 0 aliphatic carbocycles. The quantitative estimate of drug-likeness (QED) is 0.696. The normalized spacial score (nSPS) is 14.2. The van der Waals surface area contributed by atoms with Crippen LogP contribution in [-0.2, 0) is 14.8 Å². The molecule has 0 rings (SSSR count). The highest BCUT2D eigenvalue weighted by molar-refractivity contribution is 7.89. The summed E-state index contributed by atoms with van der Waals surface area (Å²) in [5.41, 5.74) is 0. The number of rotatable bonds is 8. The molecule has 0 saturated heterocycles. The van der Waals surface area contributed by atoms with E-state index in [1.807, 2.05) is 27.7 Å². The maximum absolute atomic E-state index is 11.7.